The van der Waals surface area contributed by atoms with Gasteiger partial charge in [0.15, 0.2) is 10.3 Å². The molecule has 5 rings (SSSR count). The predicted molar refractivity (Wildman–Crippen MR) is 115 cm³/mol. The van der Waals surface area contributed by atoms with Crippen molar-refractivity contribution in [1.29, 1.82) is 0 Å². The molecule has 1 fully saturated rings. The van der Waals surface area contributed by atoms with Gasteiger partial charge in [-0.25, -0.2) is 9.97 Å². The summed E-state index contributed by atoms with van der Waals surface area (Å²) in [5, 5.41) is 5.08. The minimum atomic E-state index is 0.824. The molecule has 1 N–H and O–H groups in total. The van der Waals surface area contributed by atoms with Crippen LogP contribution in [0.25, 0.3) is 20.4 Å². The maximum absolute atomic E-state index is 5.43. The summed E-state index contributed by atoms with van der Waals surface area (Å²) >= 11 is 3.27. The molecule has 0 spiro atoms. The molecule has 0 unspecified atom stereocenters. The van der Waals surface area contributed by atoms with E-state index in [9.17, 15) is 0 Å². The number of ether oxygens (including phenoxy) is 2. The van der Waals surface area contributed by atoms with E-state index < -0.39 is 0 Å². The maximum Gasteiger partial charge on any atom is 0.190 e. The molecule has 28 heavy (non-hydrogen) atoms. The second kappa shape index (κ2) is 7.63. The number of benzene rings is 2. The highest BCUT2D eigenvalue weighted by Crippen LogP contribution is 2.34. The Bertz CT molecular complexity index is 1120. The van der Waals surface area contributed by atoms with Gasteiger partial charge in [-0.15, -0.1) is 0 Å². The molecule has 0 aliphatic carbocycles. The molecule has 1 aliphatic heterocycles. The average Bonchev–Trinajstić information content (AvgIpc) is 3.30. The first-order valence-electron chi connectivity index (χ1n) is 9.18. The van der Waals surface area contributed by atoms with Crippen LogP contribution >= 0.6 is 22.7 Å². The van der Waals surface area contributed by atoms with Crippen molar-refractivity contribution in [2.24, 2.45) is 0 Å². The van der Waals surface area contributed by atoms with Crippen LogP contribution in [0.4, 0.5) is 10.3 Å². The highest BCUT2D eigenvalue weighted by atomic mass is 32.1. The van der Waals surface area contributed by atoms with Crippen molar-refractivity contribution in [1.82, 2.24) is 14.9 Å². The first-order valence-corrected chi connectivity index (χ1v) is 10.8. The van der Waals surface area contributed by atoms with Crippen LogP contribution in [0.15, 0.2) is 36.4 Å². The number of nitrogens with zero attached hydrogens (tertiary/aromatic N) is 3. The van der Waals surface area contributed by atoms with E-state index in [1.807, 2.05) is 18.2 Å². The van der Waals surface area contributed by atoms with Crippen molar-refractivity contribution in [3.63, 3.8) is 0 Å². The molecule has 3 heterocycles. The molecule has 0 amide bonds. The number of methoxy groups -OCH3 is 1. The fourth-order valence-electron chi connectivity index (χ4n) is 3.32. The number of morpholine rings is 1. The van der Waals surface area contributed by atoms with Crippen LogP contribution in [0.1, 0.15) is 5.56 Å². The van der Waals surface area contributed by atoms with Gasteiger partial charge in [0.1, 0.15) is 5.75 Å². The number of nitrogens with one attached hydrogen (secondary N) is 1. The Morgan fingerprint density at radius 2 is 1.68 bits per heavy atom. The van der Waals surface area contributed by atoms with E-state index in [4.69, 9.17) is 14.5 Å². The minimum Gasteiger partial charge on any atom is -0.497 e. The van der Waals surface area contributed by atoms with Gasteiger partial charge in [-0.3, -0.25) is 4.90 Å². The SMILES string of the molecule is COc1ccc2nc(Nc3nc4ccc(CN5CCOCC5)cc4s3)sc2c1. The third-order valence-electron chi connectivity index (χ3n) is 4.77. The number of hydrogen-bond donors (Lipinski definition) is 1. The lowest BCUT2D eigenvalue weighted by molar-refractivity contribution is 0.0342. The van der Waals surface area contributed by atoms with E-state index >= 15 is 0 Å². The second-order valence-corrected chi connectivity index (χ2v) is 8.75. The zero-order valence-electron chi connectivity index (χ0n) is 15.5. The Hall–Kier alpha value is -2.26. The van der Waals surface area contributed by atoms with Crippen LogP contribution in [-0.4, -0.2) is 48.3 Å². The van der Waals surface area contributed by atoms with Gasteiger partial charge >= 0.3 is 0 Å². The molecule has 1 aliphatic rings. The van der Waals surface area contributed by atoms with Crippen LogP contribution in [0, 0.1) is 0 Å². The van der Waals surface area contributed by atoms with E-state index in [0.717, 1.165) is 64.6 Å². The van der Waals surface area contributed by atoms with Crippen LogP contribution < -0.4 is 10.1 Å². The number of rotatable bonds is 5. The van der Waals surface area contributed by atoms with Gasteiger partial charge in [-0.2, -0.15) is 0 Å². The molecular formula is C20H20N4O2S2. The molecule has 8 heteroatoms. The van der Waals surface area contributed by atoms with E-state index in [1.54, 1.807) is 29.8 Å². The zero-order chi connectivity index (χ0) is 18.9. The second-order valence-electron chi connectivity index (χ2n) is 6.69. The Labute approximate surface area is 170 Å². The summed E-state index contributed by atoms with van der Waals surface area (Å²) in [7, 11) is 1.68. The molecule has 144 valence electrons. The third-order valence-corrected chi connectivity index (χ3v) is 6.64. The van der Waals surface area contributed by atoms with E-state index in [-0.39, 0.29) is 0 Å². The molecule has 2 aromatic heterocycles. The van der Waals surface area contributed by atoms with Crippen molar-refractivity contribution < 1.29 is 9.47 Å². The zero-order valence-corrected chi connectivity index (χ0v) is 17.1. The Kier molecular flexibility index (Phi) is 4.86. The van der Waals surface area contributed by atoms with Gasteiger partial charge in [-0.05, 0) is 35.9 Å². The summed E-state index contributed by atoms with van der Waals surface area (Å²) in [5.74, 6) is 0.843. The lowest BCUT2D eigenvalue weighted by Gasteiger charge is -2.26. The summed E-state index contributed by atoms with van der Waals surface area (Å²) < 4.78 is 13.0. The molecule has 0 atom stereocenters. The van der Waals surface area contributed by atoms with E-state index in [0.29, 0.717) is 0 Å². The average molecular weight is 413 g/mol. The van der Waals surface area contributed by atoms with Crippen molar-refractivity contribution >= 4 is 53.4 Å². The molecule has 2 aromatic carbocycles. The summed E-state index contributed by atoms with van der Waals surface area (Å²) in [6.45, 7) is 4.60. The molecule has 1 saturated heterocycles. The lowest BCUT2D eigenvalue weighted by Crippen LogP contribution is -2.35. The molecule has 0 saturated carbocycles. The smallest absolute Gasteiger partial charge is 0.190 e. The topological polar surface area (TPSA) is 59.5 Å². The Balaban J connectivity index is 1.35. The normalized spacial score (nSPS) is 15.3. The number of thiazole rings is 2. The summed E-state index contributed by atoms with van der Waals surface area (Å²) in [4.78, 5) is 11.8. The maximum atomic E-state index is 5.43. The van der Waals surface area contributed by atoms with E-state index in [2.05, 4.69) is 33.4 Å². The number of hydrogen-bond acceptors (Lipinski definition) is 8. The minimum absolute atomic E-state index is 0.824. The highest BCUT2D eigenvalue weighted by Gasteiger charge is 2.13. The van der Waals surface area contributed by atoms with Crippen molar-refractivity contribution in [2.45, 2.75) is 6.54 Å². The largest absolute Gasteiger partial charge is 0.497 e. The van der Waals surface area contributed by atoms with Crippen molar-refractivity contribution in [3.8, 4) is 5.75 Å². The molecule has 6 nitrogen and oxygen atoms in total. The van der Waals surface area contributed by atoms with Gasteiger partial charge in [0, 0.05) is 19.6 Å². The molecule has 0 bridgehead atoms. The third kappa shape index (κ3) is 3.68. The standard InChI is InChI=1S/C20H20N4O2S2/c1-25-14-3-5-16-18(11-14)28-20(22-16)23-19-21-15-4-2-13(10-17(15)27-19)12-24-6-8-26-9-7-24/h2-5,10-11H,6-9,12H2,1H3,(H,21,22,23). The fourth-order valence-corrected chi connectivity index (χ4v) is 5.20. The molecule has 0 radical (unpaired) electrons. The van der Waals surface area contributed by atoms with Gasteiger partial charge in [0.25, 0.3) is 0 Å². The van der Waals surface area contributed by atoms with Gasteiger partial charge in [0.05, 0.1) is 40.8 Å². The van der Waals surface area contributed by atoms with Crippen molar-refractivity contribution in [3.05, 3.63) is 42.0 Å². The van der Waals surface area contributed by atoms with Crippen LogP contribution in [0.3, 0.4) is 0 Å². The number of anilines is 2. The number of fused-ring (bicyclic) bond motifs is 2. The summed E-state index contributed by atoms with van der Waals surface area (Å²) in [5.41, 5.74) is 3.29. The first kappa shape index (κ1) is 17.8. The quantitative estimate of drug-likeness (QED) is 0.521. The Morgan fingerprint density at radius 3 is 2.39 bits per heavy atom. The predicted octanol–water partition coefficient (Wildman–Crippen LogP) is 4.49. The molecular weight excluding hydrogens is 392 g/mol. The number of aromatic nitrogens is 2. The van der Waals surface area contributed by atoms with Crippen molar-refractivity contribution in [2.75, 3.05) is 38.7 Å². The van der Waals surface area contributed by atoms with Crippen LogP contribution in [0.2, 0.25) is 0 Å². The van der Waals surface area contributed by atoms with Crippen LogP contribution in [-0.2, 0) is 11.3 Å². The van der Waals surface area contributed by atoms with Gasteiger partial charge in [-0.1, -0.05) is 28.7 Å². The fraction of sp³-hybridized carbons (Fsp3) is 0.300. The van der Waals surface area contributed by atoms with Gasteiger partial charge in [0.2, 0.25) is 0 Å². The summed E-state index contributed by atoms with van der Waals surface area (Å²) in [6, 6.07) is 12.4. The van der Waals surface area contributed by atoms with Gasteiger partial charge < -0.3 is 14.8 Å². The highest BCUT2D eigenvalue weighted by molar-refractivity contribution is 7.24. The Morgan fingerprint density at radius 1 is 1.00 bits per heavy atom. The summed E-state index contributed by atoms with van der Waals surface area (Å²) in [6.07, 6.45) is 0. The molecule has 4 aromatic rings. The van der Waals surface area contributed by atoms with E-state index in [1.165, 1.54) is 10.3 Å². The lowest BCUT2D eigenvalue weighted by atomic mass is 10.2. The first-order chi connectivity index (χ1) is 13.8. The van der Waals surface area contributed by atoms with Crippen LogP contribution in [0.5, 0.6) is 5.75 Å². The monoisotopic (exact) mass is 412 g/mol.